The molecule has 0 aliphatic heterocycles. The Hall–Kier alpha value is -3.93. The molecular formula is C23H19N3O3. The van der Waals surface area contributed by atoms with Gasteiger partial charge in [-0.2, -0.15) is 9.78 Å². The van der Waals surface area contributed by atoms with Gasteiger partial charge in [0, 0.05) is 11.6 Å². The molecule has 29 heavy (non-hydrogen) atoms. The van der Waals surface area contributed by atoms with Crippen LogP contribution in [0.3, 0.4) is 0 Å². The van der Waals surface area contributed by atoms with Crippen LogP contribution in [0, 0.1) is 0 Å². The summed E-state index contributed by atoms with van der Waals surface area (Å²) in [6, 6.07) is 22.4. The number of rotatable bonds is 5. The molecule has 0 fully saturated rings. The van der Waals surface area contributed by atoms with Gasteiger partial charge in [0.15, 0.2) is 17.3 Å². The van der Waals surface area contributed by atoms with Crippen LogP contribution in [0.4, 0.5) is 0 Å². The van der Waals surface area contributed by atoms with E-state index >= 15 is 0 Å². The van der Waals surface area contributed by atoms with Gasteiger partial charge in [-0.3, -0.25) is 4.79 Å². The number of ether oxygens (including phenoxy) is 2. The van der Waals surface area contributed by atoms with Crippen LogP contribution in [0.15, 0.2) is 82.7 Å². The van der Waals surface area contributed by atoms with Crippen LogP contribution in [0.25, 0.3) is 22.3 Å². The van der Waals surface area contributed by atoms with Gasteiger partial charge in [-0.05, 0) is 11.6 Å². The van der Waals surface area contributed by atoms with Gasteiger partial charge in [0.1, 0.15) is 0 Å². The monoisotopic (exact) mass is 385 g/mol. The fourth-order valence-corrected chi connectivity index (χ4v) is 3.05. The molecule has 1 heterocycles. The Morgan fingerprint density at radius 2 is 1.52 bits per heavy atom. The van der Waals surface area contributed by atoms with Crippen LogP contribution < -0.4 is 15.0 Å². The van der Waals surface area contributed by atoms with Gasteiger partial charge in [0.2, 0.25) is 0 Å². The maximum absolute atomic E-state index is 13.3. The van der Waals surface area contributed by atoms with Gasteiger partial charge < -0.3 is 9.47 Å². The second-order valence-corrected chi connectivity index (χ2v) is 6.30. The number of fused-ring (bicyclic) bond motifs is 1. The van der Waals surface area contributed by atoms with Crippen molar-refractivity contribution in [1.29, 1.82) is 0 Å². The molecule has 0 aliphatic carbocycles. The first-order valence-corrected chi connectivity index (χ1v) is 9.05. The molecule has 4 rings (SSSR count). The third kappa shape index (κ3) is 3.60. The van der Waals surface area contributed by atoms with Crippen LogP contribution >= 0.6 is 0 Å². The first-order valence-electron chi connectivity index (χ1n) is 9.05. The number of benzene rings is 3. The largest absolute Gasteiger partial charge is 0.493 e. The number of nitrogens with zero attached hydrogens (tertiary/aromatic N) is 3. The fourth-order valence-electron chi connectivity index (χ4n) is 3.05. The quantitative estimate of drug-likeness (QED) is 0.488. The Morgan fingerprint density at radius 3 is 2.17 bits per heavy atom. The normalized spacial score (nSPS) is 11.1. The van der Waals surface area contributed by atoms with Crippen molar-refractivity contribution in [2.75, 3.05) is 14.2 Å². The van der Waals surface area contributed by atoms with Crippen molar-refractivity contribution in [3.05, 3.63) is 88.7 Å². The molecular weight excluding hydrogens is 366 g/mol. The summed E-state index contributed by atoms with van der Waals surface area (Å²) in [5.41, 5.74) is 1.89. The lowest BCUT2D eigenvalue weighted by molar-refractivity contribution is 0.355. The standard InChI is InChI=1S/C23H19N3O3/c1-28-20-13-18-19(14-21(20)29-2)25-22(17-11-7-4-8-12-17)26(23(18)27)24-15-16-9-5-3-6-10-16/h3-15H,1-2H3/b24-15+. The van der Waals surface area contributed by atoms with E-state index in [0.29, 0.717) is 28.2 Å². The molecule has 1 aromatic heterocycles. The van der Waals surface area contributed by atoms with Crippen molar-refractivity contribution in [3.63, 3.8) is 0 Å². The third-order valence-corrected chi connectivity index (χ3v) is 4.51. The van der Waals surface area contributed by atoms with E-state index in [4.69, 9.17) is 14.5 Å². The average molecular weight is 385 g/mol. The number of methoxy groups -OCH3 is 2. The molecule has 6 heteroatoms. The van der Waals surface area contributed by atoms with Crippen molar-refractivity contribution >= 4 is 17.1 Å². The SMILES string of the molecule is COc1cc2nc(-c3ccccc3)n(/N=C/c3ccccc3)c(=O)c2cc1OC. The van der Waals surface area contributed by atoms with Crippen LogP contribution in [-0.2, 0) is 0 Å². The van der Waals surface area contributed by atoms with E-state index in [2.05, 4.69) is 5.10 Å². The van der Waals surface area contributed by atoms with Crippen molar-refractivity contribution in [2.45, 2.75) is 0 Å². The van der Waals surface area contributed by atoms with Crippen molar-refractivity contribution < 1.29 is 9.47 Å². The zero-order valence-corrected chi connectivity index (χ0v) is 16.1. The molecule has 0 bridgehead atoms. The van der Waals surface area contributed by atoms with E-state index in [0.717, 1.165) is 11.1 Å². The maximum Gasteiger partial charge on any atom is 0.282 e. The Balaban J connectivity index is 1.99. The van der Waals surface area contributed by atoms with Gasteiger partial charge in [0.05, 0.1) is 31.3 Å². The summed E-state index contributed by atoms with van der Waals surface area (Å²) in [5, 5.41) is 4.84. The summed E-state index contributed by atoms with van der Waals surface area (Å²) in [5.74, 6) is 1.42. The first kappa shape index (κ1) is 18.4. The first-order chi connectivity index (χ1) is 14.2. The summed E-state index contributed by atoms with van der Waals surface area (Å²) in [6.45, 7) is 0. The van der Waals surface area contributed by atoms with Crippen molar-refractivity contribution in [3.8, 4) is 22.9 Å². The highest BCUT2D eigenvalue weighted by Crippen LogP contribution is 2.31. The molecule has 0 aliphatic rings. The van der Waals surface area contributed by atoms with E-state index in [1.165, 1.54) is 11.8 Å². The smallest absolute Gasteiger partial charge is 0.282 e. The van der Waals surface area contributed by atoms with Crippen molar-refractivity contribution in [1.82, 2.24) is 9.66 Å². The van der Waals surface area contributed by atoms with Crippen LogP contribution in [0.5, 0.6) is 11.5 Å². The Labute approximate surface area is 167 Å². The minimum atomic E-state index is -0.290. The predicted molar refractivity (Wildman–Crippen MR) is 114 cm³/mol. The molecule has 4 aromatic rings. The molecule has 6 nitrogen and oxygen atoms in total. The summed E-state index contributed by atoms with van der Waals surface area (Å²) < 4.78 is 12.0. The molecule has 0 radical (unpaired) electrons. The Bertz CT molecular complexity index is 1230. The van der Waals surface area contributed by atoms with Crippen LogP contribution in [-0.4, -0.2) is 30.1 Å². The van der Waals surface area contributed by atoms with E-state index in [1.54, 1.807) is 25.5 Å². The van der Waals surface area contributed by atoms with Gasteiger partial charge in [-0.1, -0.05) is 60.7 Å². The van der Waals surface area contributed by atoms with E-state index in [1.807, 2.05) is 60.7 Å². The molecule has 0 amide bonds. The summed E-state index contributed by atoms with van der Waals surface area (Å²) >= 11 is 0. The Morgan fingerprint density at radius 1 is 0.897 bits per heavy atom. The van der Waals surface area contributed by atoms with E-state index in [-0.39, 0.29) is 5.56 Å². The summed E-state index contributed by atoms with van der Waals surface area (Å²) in [6.07, 6.45) is 1.64. The molecule has 0 N–H and O–H groups in total. The zero-order chi connectivity index (χ0) is 20.2. The molecule has 144 valence electrons. The minimum Gasteiger partial charge on any atom is -0.493 e. The summed E-state index contributed by atoms with van der Waals surface area (Å²) in [7, 11) is 3.08. The molecule has 0 atom stereocenters. The molecule has 0 saturated carbocycles. The lowest BCUT2D eigenvalue weighted by Crippen LogP contribution is -2.20. The second-order valence-electron chi connectivity index (χ2n) is 6.30. The maximum atomic E-state index is 13.3. The van der Waals surface area contributed by atoms with Crippen LogP contribution in [0.1, 0.15) is 5.56 Å². The Kier molecular flexibility index (Phi) is 5.07. The highest BCUT2D eigenvalue weighted by molar-refractivity contribution is 5.84. The fraction of sp³-hybridized carbons (Fsp3) is 0.0870. The van der Waals surface area contributed by atoms with Gasteiger partial charge in [0.25, 0.3) is 5.56 Å². The highest BCUT2D eigenvalue weighted by Gasteiger charge is 2.16. The number of aromatic nitrogens is 2. The second kappa shape index (κ2) is 7.98. The predicted octanol–water partition coefficient (Wildman–Crippen LogP) is 3.96. The lowest BCUT2D eigenvalue weighted by atomic mass is 10.1. The topological polar surface area (TPSA) is 65.7 Å². The lowest BCUT2D eigenvalue weighted by Gasteiger charge is -2.12. The van der Waals surface area contributed by atoms with Crippen LogP contribution in [0.2, 0.25) is 0 Å². The van der Waals surface area contributed by atoms with Gasteiger partial charge in [-0.25, -0.2) is 4.98 Å². The van der Waals surface area contributed by atoms with E-state index < -0.39 is 0 Å². The molecule has 0 spiro atoms. The zero-order valence-electron chi connectivity index (χ0n) is 16.1. The number of hydrogen-bond donors (Lipinski definition) is 0. The molecule has 3 aromatic carbocycles. The molecule has 0 unspecified atom stereocenters. The van der Waals surface area contributed by atoms with Gasteiger partial charge in [-0.15, -0.1) is 0 Å². The average Bonchev–Trinajstić information content (AvgIpc) is 2.78. The third-order valence-electron chi connectivity index (χ3n) is 4.51. The van der Waals surface area contributed by atoms with E-state index in [9.17, 15) is 4.79 Å². The minimum absolute atomic E-state index is 0.290. The molecule has 0 saturated heterocycles. The summed E-state index contributed by atoms with van der Waals surface area (Å²) in [4.78, 5) is 18.0. The highest BCUT2D eigenvalue weighted by atomic mass is 16.5. The van der Waals surface area contributed by atoms with Gasteiger partial charge >= 0.3 is 0 Å². The van der Waals surface area contributed by atoms with Crippen molar-refractivity contribution in [2.24, 2.45) is 5.10 Å². The number of hydrogen-bond acceptors (Lipinski definition) is 5.